The molecule has 84 valence electrons. The fourth-order valence-corrected chi connectivity index (χ4v) is 2.44. The van der Waals surface area contributed by atoms with E-state index in [4.69, 9.17) is 0 Å². The molecule has 1 atom stereocenters. The van der Waals surface area contributed by atoms with Gasteiger partial charge in [0.1, 0.15) is 0 Å². The maximum Gasteiger partial charge on any atom is 0.0486 e. The first-order chi connectivity index (χ1) is 6.11. The van der Waals surface area contributed by atoms with Crippen LogP contribution in [0.1, 0.15) is 60.8 Å². The van der Waals surface area contributed by atoms with Crippen molar-refractivity contribution in [3.63, 3.8) is 0 Å². The lowest BCUT2D eigenvalue weighted by atomic mass is 9.67. The van der Waals surface area contributed by atoms with Crippen LogP contribution < -0.4 is 0 Å². The number of rotatable bonds is 0. The Morgan fingerprint density at radius 3 is 1.93 bits per heavy atom. The van der Waals surface area contributed by atoms with Gasteiger partial charge >= 0.3 is 0 Å². The van der Waals surface area contributed by atoms with E-state index in [0.717, 1.165) is 12.8 Å². The molecule has 1 rings (SSSR count). The normalized spacial score (nSPS) is 34.5. The lowest BCUT2D eigenvalue weighted by Crippen LogP contribution is -2.63. The van der Waals surface area contributed by atoms with E-state index in [1.807, 2.05) is 0 Å². The van der Waals surface area contributed by atoms with Crippen molar-refractivity contribution >= 4 is 0 Å². The Kier molecular flexibility index (Phi) is 2.75. The molecule has 1 N–H and O–H groups in total. The van der Waals surface area contributed by atoms with Gasteiger partial charge in [0, 0.05) is 11.1 Å². The Morgan fingerprint density at radius 1 is 1.07 bits per heavy atom. The maximum absolute atomic E-state index is 10.3. The van der Waals surface area contributed by atoms with E-state index >= 15 is 0 Å². The molecule has 0 amide bonds. The lowest BCUT2D eigenvalue weighted by molar-refractivity contribution is -0.273. The highest BCUT2D eigenvalue weighted by Crippen LogP contribution is 2.46. The predicted octanol–water partition coefficient (Wildman–Crippen LogP) is 3.44. The third-order valence-corrected chi connectivity index (χ3v) is 4.11. The molecule has 1 aliphatic heterocycles. The van der Waals surface area contributed by atoms with E-state index < -0.39 is 0 Å². The molecule has 2 nitrogen and oxygen atoms in total. The Morgan fingerprint density at radius 2 is 1.57 bits per heavy atom. The Labute approximate surface area is 88.3 Å². The molecule has 0 radical (unpaired) electrons. The topological polar surface area (TPSA) is 23.5 Å². The zero-order valence-corrected chi connectivity index (χ0v) is 10.5. The Bertz CT molecular complexity index is 214. The van der Waals surface area contributed by atoms with E-state index in [2.05, 4.69) is 41.5 Å². The summed E-state index contributed by atoms with van der Waals surface area (Å²) in [6, 6.07) is 0. The first-order valence-electron chi connectivity index (χ1n) is 5.60. The molecule has 1 aliphatic rings. The highest BCUT2D eigenvalue weighted by molar-refractivity contribution is 5.01. The van der Waals surface area contributed by atoms with E-state index in [9.17, 15) is 5.21 Å². The molecular weight excluding hydrogens is 174 g/mol. The standard InChI is InChI=1S/C12H25NO/c1-10(2,3)12(6)9-7-8-11(4,5)13(12)14/h14H,7-9H2,1-6H3. The molecule has 0 saturated carbocycles. The average Bonchev–Trinajstić information content (AvgIpc) is 1.98. The first-order valence-corrected chi connectivity index (χ1v) is 5.60. The molecular formula is C12H25NO. The fourth-order valence-electron chi connectivity index (χ4n) is 2.44. The highest BCUT2D eigenvalue weighted by atomic mass is 16.5. The number of nitrogens with zero attached hydrogens (tertiary/aromatic N) is 1. The van der Waals surface area contributed by atoms with Crippen LogP contribution in [-0.2, 0) is 0 Å². The van der Waals surface area contributed by atoms with Gasteiger partial charge < -0.3 is 5.21 Å². The molecule has 1 fully saturated rings. The minimum absolute atomic E-state index is 0.0831. The van der Waals surface area contributed by atoms with Gasteiger partial charge in [0.15, 0.2) is 0 Å². The minimum atomic E-state index is -0.102. The van der Waals surface area contributed by atoms with Crippen molar-refractivity contribution in [1.82, 2.24) is 5.06 Å². The third-order valence-electron chi connectivity index (χ3n) is 4.11. The fraction of sp³-hybridized carbons (Fsp3) is 1.00. The zero-order chi connectivity index (χ0) is 11.2. The minimum Gasteiger partial charge on any atom is -0.313 e. The summed E-state index contributed by atoms with van der Waals surface area (Å²) in [6.45, 7) is 13.0. The van der Waals surface area contributed by atoms with Gasteiger partial charge in [-0.15, -0.1) is 0 Å². The molecule has 0 aromatic heterocycles. The van der Waals surface area contributed by atoms with Crippen molar-refractivity contribution < 1.29 is 5.21 Å². The summed E-state index contributed by atoms with van der Waals surface area (Å²) in [4.78, 5) is 0. The second kappa shape index (κ2) is 3.21. The monoisotopic (exact) mass is 199 g/mol. The summed E-state index contributed by atoms with van der Waals surface area (Å²) in [5.74, 6) is 0. The van der Waals surface area contributed by atoms with Crippen LogP contribution in [-0.4, -0.2) is 21.3 Å². The summed E-state index contributed by atoms with van der Waals surface area (Å²) >= 11 is 0. The summed E-state index contributed by atoms with van der Waals surface area (Å²) < 4.78 is 0. The smallest absolute Gasteiger partial charge is 0.0486 e. The van der Waals surface area contributed by atoms with Crippen LogP contribution in [0.5, 0.6) is 0 Å². The Balaban J connectivity index is 3.00. The van der Waals surface area contributed by atoms with Crippen molar-refractivity contribution in [3.05, 3.63) is 0 Å². The van der Waals surface area contributed by atoms with Crippen LogP contribution in [0, 0.1) is 5.41 Å². The number of hydroxylamine groups is 2. The van der Waals surface area contributed by atoms with Crippen molar-refractivity contribution in [2.45, 2.75) is 71.9 Å². The van der Waals surface area contributed by atoms with Crippen molar-refractivity contribution in [2.24, 2.45) is 5.41 Å². The van der Waals surface area contributed by atoms with Gasteiger partial charge in [-0.05, 0) is 45.4 Å². The largest absolute Gasteiger partial charge is 0.313 e. The quantitative estimate of drug-likeness (QED) is 0.646. The van der Waals surface area contributed by atoms with Crippen LogP contribution in [0.4, 0.5) is 0 Å². The van der Waals surface area contributed by atoms with Crippen LogP contribution in [0.2, 0.25) is 0 Å². The molecule has 14 heavy (non-hydrogen) atoms. The van der Waals surface area contributed by atoms with Gasteiger partial charge in [-0.2, -0.15) is 5.06 Å². The van der Waals surface area contributed by atoms with Crippen LogP contribution >= 0.6 is 0 Å². The van der Waals surface area contributed by atoms with Gasteiger partial charge in [-0.25, -0.2) is 0 Å². The average molecular weight is 199 g/mol. The van der Waals surface area contributed by atoms with Gasteiger partial charge in [0.2, 0.25) is 0 Å². The van der Waals surface area contributed by atoms with Gasteiger partial charge in [-0.3, -0.25) is 0 Å². The van der Waals surface area contributed by atoms with Gasteiger partial charge in [0.05, 0.1) is 0 Å². The summed E-state index contributed by atoms with van der Waals surface area (Å²) in [7, 11) is 0. The molecule has 0 bridgehead atoms. The molecule has 0 aliphatic carbocycles. The summed E-state index contributed by atoms with van der Waals surface area (Å²) in [6.07, 6.45) is 3.36. The summed E-state index contributed by atoms with van der Waals surface area (Å²) in [5, 5.41) is 11.9. The van der Waals surface area contributed by atoms with Crippen molar-refractivity contribution in [3.8, 4) is 0 Å². The number of hydrogen-bond donors (Lipinski definition) is 1. The third kappa shape index (κ3) is 1.70. The van der Waals surface area contributed by atoms with Crippen LogP contribution in [0.25, 0.3) is 0 Å². The van der Waals surface area contributed by atoms with Crippen molar-refractivity contribution in [2.75, 3.05) is 0 Å². The number of piperidine rings is 1. The van der Waals surface area contributed by atoms with Crippen molar-refractivity contribution in [1.29, 1.82) is 0 Å². The molecule has 0 aromatic carbocycles. The van der Waals surface area contributed by atoms with E-state index in [1.54, 1.807) is 5.06 Å². The maximum atomic E-state index is 10.3. The SMILES string of the molecule is CC1(C)CCCC(C)(C(C)(C)C)N1O. The molecule has 0 aromatic rings. The lowest BCUT2D eigenvalue weighted by Gasteiger charge is -2.56. The van der Waals surface area contributed by atoms with E-state index in [0.29, 0.717) is 0 Å². The van der Waals surface area contributed by atoms with Crippen LogP contribution in [0.3, 0.4) is 0 Å². The number of hydrogen-bond acceptors (Lipinski definition) is 2. The summed E-state index contributed by atoms with van der Waals surface area (Å²) in [5.41, 5.74) is -0.0749. The van der Waals surface area contributed by atoms with Gasteiger partial charge in [-0.1, -0.05) is 20.8 Å². The second-order valence-corrected chi connectivity index (χ2v) is 6.50. The molecule has 0 spiro atoms. The molecule has 1 heterocycles. The van der Waals surface area contributed by atoms with E-state index in [1.165, 1.54) is 6.42 Å². The molecule has 2 heteroatoms. The van der Waals surface area contributed by atoms with Crippen LogP contribution in [0.15, 0.2) is 0 Å². The molecule has 1 saturated heterocycles. The van der Waals surface area contributed by atoms with E-state index in [-0.39, 0.29) is 16.5 Å². The second-order valence-electron chi connectivity index (χ2n) is 6.50. The highest BCUT2D eigenvalue weighted by Gasteiger charge is 2.50. The van der Waals surface area contributed by atoms with Gasteiger partial charge in [0.25, 0.3) is 0 Å². The first kappa shape index (κ1) is 12.0. The Hall–Kier alpha value is -0.0800. The zero-order valence-electron chi connectivity index (χ0n) is 10.5. The predicted molar refractivity (Wildman–Crippen MR) is 59.4 cm³/mol. The molecule has 1 unspecified atom stereocenters.